The Labute approximate surface area is 117 Å². The molecule has 4 nitrogen and oxygen atoms in total. The highest BCUT2D eigenvalue weighted by atomic mass is 35.5. The molecule has 0 heterocycles. The first kappa shape index (κ1) is 15.5. The van der Waals surface area contributed by atoms with Crippen LogP contribution in [0.25, 0.3) is 0 Å². The predicted octanol–water partition coefficient (Wildman–Crippen LogP) is 2.64. The van der Waals surface area contributed by atoms with Gasteiger partial charge in [-0.25, -0.2) is 0 Å². The maximum Gasteiger partial charge on any atom is 0.305 e. The fourth-order valence-corrected chi connectivity index (χ4v) is 1.98. The highest BCUT2D eigenvalue weighted by Gasteiger charge is 2.15. The second-order valence-corrected chi connectivity index (χ2v) is 4.89. The van der Waals surface area contributed by atoms with Crippen molar-refractivity contribution in [3.05, 3.63) is 34.9 Å². The molecule has 0 aliphatic heterocycles. The zero-order chi connectivity index (χ0) is 14.3. The van der Waals surface area contributed by atoms with Crippen molar-refractivity contribution in [3.63, 3.8) is 0 Å². The molecule has 19 heavy (non-hydrogen) atoms. The molecule has 1 rings (SSSR count). The van der Waals surface area contributed by atoms with Crippen molar-refractivity contribution >= 4 is 23.5 Å². The number of carbonyl (C=O) groups excluding carboxylic acids is 1. The smallest absolute Gasteiger partial charge is 0.305 e. The van der Waals surface area contributed by atoms with Gasteiger partial charge in [-0.05, 0) is 24.1 Å². The van der Waals surface area contributed by atoms with Crippen molar-refractivity contribution in [1.82, 2.24) is 5.32 Å². The largest absolute Gasteiger partial charge is 0.481 e. The van der Waals surface area contributed by atoms with Gasteiger partial charge in [0.15, 0.2) is 0 Å². The molecule has 1 aromatic carbocycles. The van der Waals surface area contributed by atoms with E-state index in [1.807, 2.05) is 6.92 Å². The van der Waals surface area contributed by atoms with E-state index < -0.39 is 5.97 Å². The van der Waals surface area contributed by atoms with Crippen LogP contribution in [0, 0.1) is 0 Å². The zero-order valence-corrected chi connectivity index (χ0v) is 11.6. The lowest BCUT2D eigenvalue weighted by Gasteiger charge is -2.16. The molecule has 104 valence electrons. The van der Waals surface area contributed by atoms with Crippen LogP contribution in [0.5, 0.6) is 0 Å². The van der Waals surface area contributed by atoms with Gasteiger partial charge in [-0.15, -0.1) is 0 Å². The van der Waals surface area contributed by atoms with Crippen molar-refractivity contribution in [2.24, 2.45) is 0 Å². The molecule has 1 aromatic rings. The molecule has 1 unspecified atom stereocenters. The van der Waals surface area contributed by atoms with Gasteiger partial charge in [0.1, 0.15) is 0 Å². The third kappa shape index (κ3) is 6.25. The monoisotopic (exact) mass is 283 g/mol. The number of carboxylic acid groups (broad SMARTS) is 1. The van der Waals surface area contributed by atoms with Crippen LogP contribution in [0.1, 0.15) is 31.7 Å². The Balaban J connectivity index is 2.52. The summed E-state index contributed by atoms with van der Waals surface area (Å²) in [5.41, 5.74) is 0.854. The molecule has 1 atom stereocenters. The van der Waals surface area contributed by atoms with Gasteiger partial charge >= 0.3 is 5.97 Å². The number of halogens is 1. The van der Waals surface area contributed by atoms with Crippen LogP contribution in [0.15, 0.2) is 24.3 Å². The van der Waals surface area contributed by atoms with Crippen LogP contribution in [-0.2, 0) is 16.0 Å². The Morgan fingerprint density at radius 2 is 1.95 bits per heavy atom. The summed E-state index contributed by atoms with van der Waals surface area (Å²) in [7, 11) is 0. The Hall–Kier alpha value is -1.55. The summed E-state index contributed by atoms with van der Waals surface area (Å²) in [4.78, 5) is 22.5. The van der Waals surface area contributed by atoms with E-state index in [1.165, 1.54) is 0 Å². The van der Waals surface area contributed by atoms with Crippen molar-refractivity contribution in [1.29, 1.82) is 0 Å². The van der Waals surface area contributed by atoms with Gasteiger partial charge in [-0.2, -0.15) is 0 Å². The minimum absolute atomic E-state index is 0.0415. The molecular weight excluding hydrogens is 266 g/mol. The van der Waals surface area contributed by atoms with E-state index in [1.54, 1.807) is 24.3 Å². The van der Waals surface area contributed by atoms with Gasteiger partial charge < -0.3 is 10.4 Å². The topological polar surface area (TPSA) is 66.4 Å². The molecule has 0 spiro atoms. The normalized spacial score (nSPS) is 11.9. The number of hydrogen-bond donors (Lipinski definition) is 2. The number of nitrogens with one attached hydrogen (secondary N) is 1. The summed E-state index contributed by atoms with van der Waals surface area (Å²) < 4.78 is 0. The Morgan fingerprint density at radius 1 is 1.32 bits per heavy atom. The van der Waals surface area contributed by atoms with Crippen molar-refractivity contribution in [3.8, 4) is 0 Å². The van der Waals surface area contributed by atoms with E-state index in [4.69, 9.17) is 16.7 Å². The first-order chi connectivity index (χ1) is 9.01. The van der Waals surface area contributed by atoms with Crippen LogP contribution in [0.3, 0.4) is 0 Å². The lowest BCUT2D eigenvalue weighted by molar-refractivity contribution is -0.137. The number of rotatable bonds is 7. The van der Waals surface area contributed by atoms with E-state index in [0.29, 0.717) is 11.4 Å². The van der Waals surface area contributed by atoms with Crippen molar-refractivity contribution in [2.45, 2.75) is 38.6 Å². The minimum Gasteiger partial charge on any atom is -0.481 e. The number of aliphatic carboxylic acids is 1. The Bertz CT molecular complexity index is 431. The van der Waals surface area contributed by atoms with Gasteiger partial charge in [-0.1, -0.05) is 37.1 Å². The zero-order valence-electron chi connectivity index (χ0n) is 10.9. The van der Waals surface area contributed by atoms with Crippen LogP contribution in [0.2, 0.25) is 5.02 Å². The summed E-state index contributed by atoms with van der Waals surface area (Å²) in [5.74, 6) is -1.06. The molecule has 1 amide bonds. The molecular formula is C14H18ClNO3. The first-order valence-electron chi connectivity index (χ1n) is 6.27. The quantitative estimate of drug-likeness (QED) is 0.808. The summed E-state index contributed by atoms with van der Waals surface area (Å²) in [6.07, 6.45) is 1.69. The van der Waals surface area contributed by atoms with Crippen molar-refractivity contribution in [2.75, 3.05) is 0 Å². The lowest BCUT2D eigenvalue weighted by Crippen LogP contribution is -2.37. The van der Waals surface area contributed by atoms with Gasteiger partial charge in [-0.3, -0.25) is 9.59 Å². The number of benzene rings is 1. The lowest BCUT2D eigenvalue weighted by atomic mass is 10.1. The average Bonchev–Trinajstić information content (AvgIpc) is 2.31. The van der Waals surface area contributed by atoms with Gasteiger partial charge in [0.05, 0.1) is 12.8 Å². The third-order valence-corrected chi connectivity index (χ3v) is 2.95. The number of hydrogen-bond acceptors (Lipinski definition) is 2. The summed E-state index contributed by atoms with van der Waals surface area (Å²) in [6, 6.07) is 6.72. The summed E-state index contributed by atoms with van der Waals surface area (Å²) in [6.45, 7) is 1.96. The highest BCUT2D eigenvalue weighted by Crippen LogP contribution is 2.10. The number of amides is 1. The molecule has 2 N–H and O–H groups in total. The molecule has 0 bridgehead atoms. The molecule has 0 fully saturated rings. The fraction of sp³-hybridized carbons (Fsp3) is 0.429. The van der Waals surface area contributed by atoms with E-state index in [-0.39, 0.29) is 24.8 Å². The second-order valence-electron chi connectivity index (χ2n) is 4.45. The number of carbonyl (C=O) groups is 2. The Kier molecular flexibility index (Phi) is 6.36. The molecule has 0 aromatic heterocycles. The molecule has 0 saturated heterocycles. The van der Waals surface area contributed by atoms with Gasteiger partial charge in [0, 0.05) is 11.1 Å². The molecule has 0 aliphatic carbocycles. The van der Waals surface area contributed by atoms with E-state index in [9.17, 15) is 9.59 Å². The SMILES string of the molecule is CCCC(CC(=O)O)NC(=O)Cc1ccc(Cl)cc1. The van der Waals surface area contributed by atoms with Crippen molar-refractivity contribution < 1.29 is 14.7 Å². The third-order valence-electron chi connectivity index (χ3n) is 2.70. The molecule has 0 saturated carbocycles. The van der Waals surface area contributed by atoms with E-state index >= 15 is 0 Å². The van der Waals surface area contributed by atoms with Crippen LogP contribution in [0.4, 0.5) is 0 Å². The second kappa shape index (κ2) is 7.79. The van der Waals surface area contributed by atoms with Gasteiger partial charge in [0.2, 0.25) is 5.91 Å². The number of carboxylic acids is 1. The molecule has 0 radical (unpaired) electrons. The molecule has 0 aliphatic rings. The maximum atomic E-state index is 11.8. The fourth-order valence-electron chi connectivity index (χ4n) is 1.85. The maximum absolute atomic E-state index is 11.8. The van der Waals surface area contributed by atoms with Gasteiger partial charge in [0.25, 0.3) is 0 Å². The standard InChI is InChI=1S/C14H18ClNO3/c1-2-3-12(9-14(18)19)16-13(17)8-10-4-6-11(15)7-5-10/h4-7,12H,2-3,8-9H2,1H3,(H,16,17)(H,18,19). The predicted molar refractivity (Wildman–Crippen MR) is 74.2 cm³/mol. The summed E-state index contributed by atoms with van der Waals surface area (Å²) in [5, 5.41) is 12.2. The summed E-state index contributed by atoms with van der Waals surface area (Å²) >= 11 is 5.77. The highest BCUT2D eigenvalue weighted by molar-refractivity contribution is 6.30. The minimum atomic E-state index is -0.898. The van der Waals surface area contributed by atoms with Crippen LogP contribution >= 0.6 is 11.6 Å². The average molecular weight is 284 g/mol. The van der Waals surface area contributed by atoms with E-state index in [0.717, 1.165) is 12.0 Å². The Morgan fingerprint density at radius 3 is 2.47 bits per heavy atom. The first-order valence-corrected chi connectivity index (χ1v) is 6.64. The van der Waals surface area contributed by atoms with E-state index in [2.05, 4.69) is 5.32 Å². The molecule has 5 heteroatoms. The van der Waals surface area contributed by atoms with Crippen LogP contribution < -0.4 is 5.32 Å². The van der Waals surface area contributed by atoms with Crippen LogP contribution in [-0.4, -0.2) is 23.0 Å².